The first-order chi connectivity index (χ1) is 5.47. The minimum absolute atomic E-state index is 0.227. The van der Waals surface area contributed by atoms with Crippen molar-refractivity contribution in [3.8, 4) is 0 Å². The Bertz CT molecular complexity index is 266. The molecule has 0 aromatic carbocycles. The molecule has 1 unspecified atom stereocenters. The Labute approximate surface area is 73.1 Å². The monoisotopic (exact) mass is 190 g/mol. The topological polar surface area (TPSA) is 51.2 Å². The highest BCUT2D eigenvalue weighted by Gasteiger charge is 2.22. The summed E-state index contributed by atoms with van der Waals surface area (Å²) in [5.74, 6) is 0.839. The molecule has 0 N–H and O–H groups in total. The van der Waals surface area contributed by atoms with E-state index in [9.17, 15) is 13.2 Å². The SMILES string of the molecule is CS(=O)(=O)CCC1CCC(=O)C1. The van der Waals surface area contributed by atoms with E-state index >= 15 is 0 Å². The summed E-state index contributed by atoms with van der Waals surface area (Å²) in [4.78, 5) is 10.8. The molecule has 1 aliphatic carbocycles. The highest BCUT2D eigenvalue weighted by Crippen LogP contribution is 2.25. The number of sulfone groups is 1. The molecule has 1 rings (SSSR count). The van der Waals surface area contributed by atoms with E-state index in [1.807, 2.05) is 0 Å². The third kappa shape index (κ3) is 3.34. The summed E-state index contributed by atoms with van der Waals surface area (Å²) in [5, 5.41) is 0. The predicted molar refractivity (Wildman–Crippen MR) is 46.7 cm³/mol. The third-order valence-electron chi connectivity index (χ3n) is 2.24. The van der Waals surface area contributed by atoms with E-state index in [1.165, 1.54) is 6.26 Å². The molecule has 0 aliphatic heterocycles. The van der Waals surface area contributed by atoms with Gasteiger partial charge in [-0.3, -0.25) is 4.79 Å². The normalized spacial score (nSPS) is 24.8. The maximum atomic E-state index is 10.8. The smallest absolute Gasteiger partial charge is 0.147 e. The van der Waals surface area contributed by atoms with Crippen LogP contribution >= 0.6 is 0 Å². The molecule has 0 amide bonds. The maximum absolute atomic E-state index is 10.8. The fourth-order valence-corrected chi connectivity index (χ4v) is 2.28. The summed E-state index contributed by atoms with van der Waals surface area (Å²) in [6, 6.07) is 0. The number of ketones is 1. The van der Waals surface area contributed by atoms with Crippen LogP contribution in [0.4, 0.5) is 0 Å². The van der Waals surface area contributed by atoms with Gasteiger partial charge < -0.3 is 0 Å². The van der Waals surface area contributed by atoms with Crippen LogP contribution in [-0.4, -0.2) is 26.2 Å². The summed E-state index contributed by atoms with van der Waals surface area (Å²) in [6.07, 6.45) is 4.02. The molecule has 1 fully saturated rings. The van der Waals surface area contributed by atoms with Crippen LogP contribution < -0.4 is 0 Å². The van der Waals surface area contributed by atoms with Crippen LogP contribution in [0.25, 0.3) is 0 Å². The van der Waals surface area contributed by atoms with Crippen molar-refractivity contribution in [2.24, 2.45) is 5.92 Å². The van der Waals surface area contributed by atoms with Gasteiger partial charge in [-0.1, -0.05) is 0 Å². The van der Waals surface area contributed by atoms with Crippen molar-refractivity contribution in [1.29, 1.82) is 0 Å². The van der Waals surface area contributed by atoms with Crippen molar-refractivity contribution in [2.45, 2.75) is 25.7 Å². The largest absolute Gasteiger partial charge is 0.300 e. The Morgan fingerprint density at radius 1 is 1.50 bits per heavy atom. The van der Waals surface area contributed by atoms with Crippen molar-refractivity contribution < 1.29 is 13.2 Å². The molecular formula is C8H14O3S. The molecular weight excluding hydrogens is 176 g/mol. The average molecular weight is 190 g/mol. The lowest BCUT2D eigenvalue weighted by atomic mass is 10.1. The van der Waals surface area contributed by atoms with Gasteiger partial charge in [0.2, 0.25) is 0 Å². The van der Waals surface area contributed by atoms with Gasteiger partial charge in [0.15, 0.2) is 0 Å². The highest BCUT2D eigenvalue weighted by molar-refractivity contribution is 7.90. The quantitative estimate of drug-likeness (QED) is 0.661. The molecule has 0 saturated heterocycles. The molecule has 1 atom stereocenters. The van der Waals surface area contributed by atoms with E-state index in [0.717, 1.165) is 6.42 Å². The van der Waals surface area contributed by atoms with Crippen LogP contribution in [0.3, 0.4) is 0 Å². The lowest BCUT2D eigenvalue weighted by molar-refractivity contribution is -0.117. The molecule has 0 radical (unpaired) electrons. The maximum Gasteiger partial charge on any atom is 0.147 e. The zero-order valence-corrected chi connectivity index (χ0v) is 8.06. The van der Waals surface area contributed by atoms with Crippen molar-refractivity contribution in [2.75, 3.05) is 12.0 Å². The van der Waals surface area contributed by atoms with Gasteiger partial charge in [0.25, 0.3) is 0 Å². The van der Waals surface area contributed by atoms with Gasteiger partial charge in [0, 0.05) is 19.1 Å². The Hall–Kier alpha value is -0.380. The highest BCUT2D eigenvalue weighted by atomic mass is 32.2. The lowest BCUT2D eigenvalue weighted by Crippen LogP contribution is -2.07. The molecule has 3 nitrogen and oxygen atoms in total. The zero-order valence-electron chi connectivity index (χ0n) is 7.25. The van der Waals surface area contributed by atoms with Gasteiger partial charge in [-0.05, 0) is 18.8 Å². The molecule has 70 valence electrons. The summed E-state index contributed by atoms with van der Waals surface area (Å²) >= 11 is 0. The number of hydrogen-bond donors (Lipinski definition) is 0. The molecule has 0 bridgehead atoms. The van der Waals surface area contributed by atoms with Crippen molar-refractivity contribution in [1.82, 2.24) is 0 Å². The van der Waals surface area contributed by atoms with Crippen LogP contribution in [0, 0.1) is 5.92 Å². The minimum atomic E-state index is -2.84. The Kier molecular flexibility index (Phi) is 2.88. The van der Waals surface area contributed by atoms with Gasteiger partial charge in [-0.2, -0.15) is 0 Å². The van der Waals surface area contributed by atoms with Crippen LogP contribution in [-0.2, 0) is 14.6 Å². The standard InChI is InChI=1S/C8H14O3S/c1-12(10,11)5-4-7-2-3-8(9)6-7/h7H,2-6H2,1H3. The summed E-state index contributed by atoms with van der Waals surface area (Å²) in [7, 11) is -2.84. The van der Waals surface area contributed by atoms with E-state index in [0.29, 0.717) is 25.2 Å². The molecule has 1 aliphatic rings. The first kappa shape index (κ1) is 9.71. The molecule has 0 heterocycles. The molecule has 1 saturated carbocycles. The van der Waals surface area contributed by atoms with Crippen molar-refractivity contribution in [3.63, 3.8) is 0 Å². The van der Waals surface area contributed by atoms with Crippen LogP contribution in [0.5, 0.6) is 0 Å². The number of carbonyl (C=O) groups is 1. The number of hydrogen-bond acceptors (Lipinski definition) is 3. The van der Waals surface area contributed by atoms with Gasteiger partial charge in [-0.15, -0.1) is 0 Å². The van der Waals surface area contributed by atoms with Crippen LogP contribution in [0.15, 0.2) is 0 Å². The van der Waals surface area contributed by atoms with Crippen LogP contribution in [0.2, 0.25) is 0 Å². The second kappa shape index (κ2) is 3.56. The lowest BCUT2D eigenvalue weighted by Gasteiger charge is -2.05. The van der Waals surface area contributed by atoms with E-state index in [-0.39, 0.29) is 11.5 Å². The second-order valence-electron chi connectivity index (χ2n) is 3.57. The van der Waals surface area contributed by atoms with E-state index in [2.05, 4.69) is 0 Å². The summed E-state index contributed by atoms with van der Waals surface area (Å²) < 4.78 is 21.6. The fourth-order valence-electron chi connectivity index (χ4n) is 1.52. The predicted octanol–water partition coefficient (Wildman–Crippen LogP) is 0.790. The van der Waals surface area contributed by atoms with Crippen molar-refractivity contribution in [3.05, 3.63) is 0 Å². The first-order valence-electron chi connectivity index (χ1n) is 4.17. The van der Waals surface area contributed by atoms with Gasteiger partial charge in [-0.25, -0.2) is 8.42 Å². The zero-order chi connectivity index (χ0) is 9.19. The van der Waals surface area contributed by atoms with Gasteiger partial charge in [0.05, 0.1) is 5.75 Å². The molecule has 12 heavy (non-hydrogen) atoms. The second-order valence-corrected chi connectivity index (χ2v) is 5.83. The van der Waals surface area contributed by atoms with Crippen molar-refractivity contribution >= 4 is 15.6 Å². The fraction of sp³-hybridized carbons (Fsp3) is 0.875. The molecule has 4 heteroatoms. The van der Waals surface area contributed by atoms with Gasteiger partial charge >= 0.3 is 0 Å². The number of Topliss-reactive ketones (excluding diaryl/α,β-unsaturated/α-hetero) is 1. The number of rotatable bonds is 3. The number of carbonyl (C=O) groups excluding carboxylic acids is 1. The van der Waals surface area contributed by atoms with Gasteiger partial charge in [0.1, 0.15) is 15.6 Å². The Balaban J connectivity index is 2.30. The molecule has 0 aromatic heterocycles. The average Bonchev–Trinajstić information content (AvgIpc) is 2.30. The minimum Gasteiger partial charge on any atom is -0.300 e. The van der Waals surface area contributed by atoms with Crippen LogP contribution in [0.1, 0.15) is 25.7 Å². The summed E-state index contributed by atoms with van der Waals surface area (Å²) in [6.45, 7) is 0. The molecule has 0 aromatic rings. The summed E-state index contributed by atoms with van der Waals surface area (Å²) in [5.41, 5.74) is 0. The van der Waals surface area contributed by atoms with E-state index < -0.39 is 9.84 Å². The Morgan fingerprint density at radius 2 is 2.17 bits per heavy atom. The van der Waals surface area contributed by atoms with E-state index in [1.54, 1.807) is 0 Å². The first-order valence-corrected chi connectivity index (χ1v) is 6.23. The third-order valence-corrected chi connectivity index (χ3v) is 3.22. The molecule has 0 spiro atoms. The van der Waals surface area contributed by atoms with E-state index in [4.69, 9.17) is 0 Å². The Morgan fingerprint density at radius 3 is 2.58 bits per heavy atom.